The number of guanidine groups is 1. The molecule has 0 aromatic carbocycles. The zero-order chi connectivity index (χ0) is 19.4. The van der Waals surface area contributed by atoms with Gasteiger partial charge in [0.25, 0.3) is 0 Å². The van der Waals surface area contributed by atoms with Gasteiger partial charge in [-0.1, -0.05) is 11.6 Å². The van der Waals surface area contributed by atoms with Gasteiger partial charge in [-0.25, -0.2) is 4.98 Å². The molecule has 1 saturated heterocycles. The maximum absolute atomic E-state index is 6.27. The summed E-state index contributed by atoms with van der Waals surface area (Å²) in [6, 6.07) is 4.05. The molecule has 3 heterocycles. The first-order valence-corrected chi connectivity index (χ1v) is 9.69. The van der Waals surface area contributed by atoms with Gasteiger partial charge in [0.2, 0.25) is 0 Å². The molecule has 2 aromatic heterocycles. The van der Waals surface area contributed by atoms with Crippen LogP contribution in [0.15, 0.2) is 23.3 Å². The van der Waals surface area contributed by atoms with E-state index in [1.807, 2.05) is 23.9 Å². The predicted octanol–water partition coefficient (Wildman–Crippen LogP) is 2.07. The van der Waals surface area contributed by atoms with Crippen molar-refractivity contribution < 1.29 is 0 Å². The molecule has 2 N–H and O–H groups in total. The van der Waals surface area contributed by atoms with Gasteiger partial charge in [-0.05, 0) is 44.4 Å². The molecule has 1 unspecified atom stereocenters. The molecular formula is C19H28ClN7. The number of pyridine rings is 1. The zero-order valence-corrected chi connectivity index (χ0v) is 17.2. The highest BCUT2D eigenvalue weighted by molar-refractivity contribution is 6.32. The van der Waals surface area contributed by atoms with Gasteiger partial charge < -0.3 is 15.5 Å². The highest BCUT2D eigenvalue weighted by atomic mass is 35.5. The van der Waals surface area contributed by atoms with Gasteiger partial charge in [0.1, 0.15) is 5.82 Å². The number of aryl methyl sites for hydroxylation is 2. The minimum absolute atomic E-state index is 0.316. The third-order valence-corrected chi connectivity index (χ3v) is 5.41. The summed E-state index contributed by atoms with van der Waals surface area (Å²) in [4.78, 5) is 11.0. The van der Waals surface area contributed by atoms with E-state index in [1.165, 1.54) is 11.3 Å². The Bertz CT molecular complexity index is 814. The maximum atomic E-state index is 6.27. The van der Waals surface area contributed by atoms with E-state index >= 15 is 0 Å². The summed E-state index contributed by atoms with van der Waals surface area (Å²) >= 11 is 6.27. The minimum atomic E-state index is 0.316. The average molecular weight is 390 g/mol. The monoisotopic (exact) mass is 389 g/mol. The van der Waals surface area contributed by atoms with Gasteiger partial charge in [-0.2, -0.15) is 5.10 Å². The molecule has 1 aliphatic rings. The van der Waals surface area contributed by atoms with E-state index in [0.29, 0.717) is 11.1 Å². The Labute approximate surface area is 165 Å². The topological polar surface area (TPSA) is 70.4 Å². The molecule has 2 aromatic rings. The van der Waals surface area contributed by atoms with Crippen molar-refractivity contribution in [1.29, 1.82) is 0 Å². The molecule has 8 heteroatoms. The molecular weight excluding hydrogens is 362 g/mol. The number of aromatic nitrogens is 3. The van der Waals surface area contributed by atoms with Crippen LogP contribution in [-0.2, 0) is 13.5 Å². The van der Waals surface area contributed by atoms with Crippen molar-refractivity contribution in [2.45, 2.75) is 32.7 Å². The minimum Gasteiger partial charge on any atom is -0.356 e. The largest absolute Gasteiger partial charge is 0.356 e. The van der Waals surface area contributed by atoms with Crippen molar-refractivity contribution in [2.75, 3.05) is 31.6 Å². The lowest BCUT2D eigenvalue weighted by atomic mass is 10.1. The van der Waals surface area contributed by atoms with E-state index in [4.69, 9.17) is 11.6 Å². The van der Waals surface area contributed by atoms with E-state index in [-0.39, 0.29) is 0 Å². The normalized spacial score (nSPS) is 17.4. The third kappa shape index (κ3) is 4.53. The van der Waals surface area contributed by atoms with Crippen molar-refractivity contribution in [3.63, 3.8) is 0 Å². The molecule has 0 saturated carbocycles. The summed E-state index contributed by atoms with van der Waals surface area (Å²) in [5.74, 6) is 1.68. The maximum Gasteiger partial charge on any atom is 0.191 e. The molecule has 7 nitrogen and oxygen atoms in total. The number of hydrogen-bond donors (Lipinski definition) is 2. The van der Waals surface area contributed by atoms with Crippen molar-refractivity contribution in [3.8, 4) is 0 Å². The van der Waals surface area contributed by atoms with Crippen LogP contribution in [0.4, 0.5) is 5.82 Å². The zero-order valence-electron chi connectivity index (χ0n) is 16.5. The number of nitrogens with one attached hydrogen (secondary N) is 2. The highest BCUT2D eigenvalue weighted by Crippen LogP contribution is 2.25. The van der Waals surface area contributed by atoms with Crippen LogP contribution >= 0.6 is 11.6 Å². The Hall–Kier alpha value is -2.28. The van der Waals surface area contributed by atoms with Gasteiger partial charge in [0, 0.05) is 51.7 Å². The van der Waals surface area contributed by atoms with E-state index in [0.717, 1.165) is 49.9 Å². The summed E-state index contributed by atoms with van der Waals surface area (Å²) in [6.45, 7) is 6.77. The van der Waals surface area contributed by atoms with Crippen LogP contribution in [0.25, 0.3) is 0 Å². The van der Waals surface area contributed by atoms with Crippen LogP contribution in [0, 0.1) is 13.8 Å². The first-order valence-electron chi connectivity index (χ1n) is 9.31. The fourth-order valence-electron chi connectivity index (χ4n) is 3.55. The van der Waals surface area contributed by atoms with Crippen LogP contribution in [0.2, 0.25) is 5.02 Å². The van der Waals surface area contributed by atoms with E-state index in [9.17, 15) is 0 Å². The SMILES string of the molecule is CN=C(NCCc1c(C)nn(C)c1C)NC1CCN(c2ncccc2Cl)C1. The first-order chi connectivity index (χ1) is 13.0. The Balaban J connectivity index is 1.50. The van der Waals surface area contributed by atoms with Gasteiger partial charge >= 0.3 is 0 Å². The molecule has 0 bridgehead atoms. The van der Waals surface area contributed by atoms with Crippen molar-refractivity contribution in [2.24, 2.45) is 12.0 Å². The van der Waals surface area contributed by atoms with E-state index in [1.54, 1.807) is 13.2 Å². The molecule has 27 heavy (non-hydrogen) atoms. The third-order valence-electron chi connectivity index (χ3n) is 5.12. The van der Waals surface area contributed by atoms with Crippen LogP contribution in [0.5, 0.6) is 0 Å². The predicted molar refractivity (Wildman–Crippen MR) is 111 cm³/mol. The molecule has 1 atom stereocenters. The fourth-order valence-corrected chi connectivity index (χ4v) is 3.79. The summed E-state index contributed by atoms with van der Waals surface area (Å²) in [5.41, 5.74) is 3.62. The lowest BCUT2D eigenvalue weighted by Crippen LogP contribution is -2.45. The molecule has 0 radical (unpaired) electrons. The molecule has 0 aliphatic carbocycles. The number of anilines is 1. The van der Waals surface area contributed by atoms with Crippen LogP contribution in [-0.4, -0.2) is 53.4 Å². The Kier molecular flexibility index (Phi) is 6.21. The smallest absolute Gasteiger partial charge is 0.191 e. The molecule has 3 rings (SSSR count). The Morgan fingerprint density at radius 1 is 1.41 bits per heavy atom. The number of nitrogens with zero attached hydrogens (tertiary/aromatic N) is 5. The molecule has 146 valence electrons. The lowest BCUT2D eigenvalue weighted by Gasteiger charge is -2.20. The second-order valence-corrected chi connectivity index (χ2v) is 7.31. The van der Waals surface area contributed by atoms with E-state index in [2.05, 4.69) is 44.5 Å². The second-order valence-electron chi connectivity index (χ2n) is 6.91. The van der Waals surface area contributed by atoms with Gasteiger partial charge in [0.15, 0.2) is 5.96 Å². The molecule has 0 amide bonds. The standard InChI is InChI=1S/C19H28ClN7/c1-13-16(14(2)26(4)25-13)7-10-23-19(21-3)24-15-8-11-27(12-15)18-17(20)6-5-9-22-18/h5-6,9,15H,7-8,10-12H2,1-4H3,(H2,21,23,24). The Morgan fingerprint density at radius 3 is 2.89 bits per heavy atom. The summed E-state index contributed by atoms with van der Waals surface area (Å²) in [5, 5.41) is 12.1. The first kappa shape index (κ1) is 19.5. The van der Waals surface area contributed by atoms with Gasteiger partial charge in [-0.3, -0.25) is 9.67 Å². The van der Waals surface area contributed by atoms with Crippen LogP contribution < -0.4 is 15.5 Å². The summed E-state index contributed by atoms with van der Waals surface area (Å²) < 4.78 is 1.94. The summed E-state index contributed by atoms with van der Waals surface area (Å²) in [7, 11) is 3.79. The number of halogens is 1. The highest BCUT2D eigenvalue weighted by Gasteiger charge is 2.25. The molecule has 0 spiro atoms. The fraction of sp³-hybridized carbons (Fsp3) is 0.526. The Morgan fingerprint density at radius 2 is 2.22 bits per heavy atom. The lowest BCUT2D eigenvalue weighted by molar-refractivity contribution is 0.647. The quantitative estimate of drug-likeness (QED) is 0.605. The van der Waals surface area contributed by atoms with E-state index < -0.39 is 0 Å². The van der Waals surface area contributed by atoms with Gasteiger partial charge in [-0.15, -0.1) is 0 Å². The van der Waals surface area contributed by atoms with Crippen molar-refractivity contribution in [1.82, 2.24) is 25.4 Å². The van der Waals surface area contributed by atoms with Crippen molar-refractivity contribution >= 4 is 23.4 Å². The molecule has 1 aliphatic heterocycles. The molecule has 1 fully saturated rings. The second kappa shape index (κ2) is 8.61. The van der Waals surface area contributed by atoms with Crippen LogP contribution in [0.3, 0.4) is 0 Å². The number of aliphatic imine (C=N–C) groups is 1. The van der Waals surface area contributed by atoms with Crippen LogP contribution in [0.1, 0.15) is 23.4 Å². The number of hydrogen-bond acceptors (Lipinski definition) is 4. The van der Waals surface area contributed by atoms with Crippen molar-refractivity contribution in [3.05, 3.63) is 40.3 Å². The average Bonchev–Trinajstić information content (AvgIpc) is 3.20. The number of rotatable bonds is 5. The van der Waals surface area contributed by atoms with Gasteiger partial charge in [0.05, 0.1) is 10.7 Å². The summed E-state index contributed by atoms with van der Waals surface area (Å²) in [6.07, 6.45) is 3.73.